The van der Waals surface area contributed by atoms with Crippen molar-refractivity contribution in [3.8, 4) is 0 Å². The van der Waals surface area contributed by atoms with Crippen molar-refractivity contribution in [3.05, 3.63) is 29.8 Å². The summed E-state index contributed by atoms with van der Waals surface area (Å²) in [4.78, 5) is 26.5. The standard InChI is InChI=1S/C18H20N4O2S2/c1-11-9-13-5-2-3-8-14(13)22(11)15(23)10-25-18-21-20-17(26-18)19-16(24)12-6-4-7-12/h2-3,5,8,11-12H,4,6-7,9-10H2,1H3,(H,19,20,24). The number of anilines is 2. The smallest absolute Gasteiger partial charge is 0.237 e. The molecule has 1 N–H and O–H groups in total. The fourth-order valence-corrected chi connectivity index (χ4v) is 4.95. The Labute approximate surface area is 160 Å². The van der Waals surface area contributed by atoms with Gasteiger partial charge in [0.2, 0.25) is 16.9 Å². The van der Waals surface area contributed by atoms with E-state index in [9.17, 15) is 9.59 Å². The lowest BCUT2D eigenvalue weighted by Gasteiger charge is -2.23. The number of nitrogens with zero attached hydrogens (tertiary/aromatic N) is 3. The second-order valence-corrected chi connectivity index (χ2v) is 8.92. The molecule has 2 aliphatic rings. The number of benzene rings is 1. The Morgan fingerprint density at radius 3 is 2.88 bits per heavy atom. The third-order valence-corrected chi connectivity index (χ3v) is 6.86. The lowest BCUT2D eigenvalue weighted by Crippen LogP contribution is -2.36. The van der Waals surface area contributed by atoms with Gasteiger partial charge in [-0.3, -0.25) is 9.59 Å². The summed E-state index contributed by atoms with van der Waals surface area (Å²) in [6.45, 7) is 2.07. The molecule has 2 aromatic rings. The minimum absolute atomic E-state index is 0.0301. The molecule has 1 aliphatic heterocycles. The Bertz CT molecular complexity index is 834. The topological polar surface area (TPSA) is 75.2 Å². The minimum Gasteiger partial charge on any atom is -0.308 e. The predicted octanol–water partition coefficient (Wildman–Crippen LogP) is 3.35. The van der Waals surface area contributed by atoms with E-state index in [0.29, 0.717) is 15.2 Å². The zero-order valence-corrected chi connectivity index (χ0v) is 16.1. The molecule has 2 heterocycles. The summed E-state index contributed by atoms with van der Waals surface area (Å²) in [5.74, 6) is 0.530. The van der Waals surface area contributed by atoms with Gasteiger partial charge in [0.25, 0.3) is 0 Å². The van der Waals surface area contributed by atoms with Crippen molar-refractivity contribution in [2.24, 2.45) is 5.92 Å². The van der Waals surface area contributed by atoms with Crippen LogP contribution in [0, 0.1) is 5.92 Å². The molecule has 0 saturated heterocycles. The number of rotatable bonds is 5. The van der Waals surface area contributed by atoms with Crippen LogP contribution in [0.5, 0.6) is 0 Å². The molecule has 0 spiro atoms. The van der Waals surface area contributed by atoms with Crippen molar-refractivity contribution in [1.82, 2.24) is 10.2 Å². The molecule has 0 radical (unpaired) electrons. The maximum atomic E-state index is 12.7. The quantitative estimate of drug-likeness (QED) is 0.628. The van der Waals surface area contributed by atoms with Gasteiger partial charge in [-0.25, -0.2) is 0 Å². The number of carbonyl (C=O) groups is 2. The summed E-state index contributed by atoms with van der Waals surface area (Å²) < 4.78 is 0.697. The van der Waals surface area contributed by atoms with Gasteiger partial charge in [-0.05, 0) is 37.8 Å². The van der Waals surface area contributed by atoms with E-state index in [-0.39, 0.29) is 23.8 Å². The van der Waals surface area contributed by atoms with E-state index in [2.05, 4.69) is 28.5 Å². The van der Waals surface area contributed by atoms with E-state index >= 15 is 0 Å². The number of hydrogen-bond acceptors (Lipinski definition) is 6. The van der Waals surface area contributed by atoms with E-state index in [1.54, 1.807) is 0 Å². The van der Waals surface area contributed by atoms with Gasteiger partial charge in [-0.2, -0.15) is 0 Å². The lowest BCUT2D eigenvalue weighted by atomic mass is 9.85. The number of hydrogen-bond donors (Lipinski definition) is 1. The lowest BCUT2D eigenvalue weighted by molar-refractivity contribution is -0.122. The Morgan fingerprint density at radius 2 is 2.12 bits per heavy atom. The van der Waals surface area contributed by atoms with Crippen LogP contribution >= 0.6 is 23.1 Å². The van der Waals surface area contributed by atoms with Crippen molar-refractivity contribution in [3.63, 3.8) is 0 Å². The van der Waals surface area contributed by atoms with Crippen LogP contribution < -0.4 is 10.2 Å². The molecule has 1 fully saturated rings. The zero-order valence-electron chi connectivity index (χ0n) is 14.5. The second kappa shape index (κ2) is 7.36. The van der Waals surface area contributed by atoms with Gasteiger partial charge in [0.1, 0.15) is 0 Å². The average Bonchev–Trinajstić information content (AvgIpc) is 3.14. The average molecular weight is 389 g/mol. The van der Waals surface area contributed by atoms with Gasteiger partial charge in [-0.15, -0.1) is 10.2 Å². The van der Waals surface area contributed by atoms with Crippen LogP contribution in [0.15, 0.2) is 28.6 Å². The van der Waals surface area contributed by atoms with Gasteiger partial charge in [0, 0.05) is 17.6 Å². The number of carbonyl (C=O) groups excluding carboxylic acids is 2. The molecule has 6 nitrogen and oxygen atoms in total. The van der Waals surface area contributed by atoms with Gasteiger partial charge in [-0.1, -0.05) is 47.7 Å². The number of thioether (sulfide) groups is 1. The Kier molecular flexibility index (Phi) is 4.95. The Hall–Kier alpha value is -1.93. The normalized spacial score (nSPS) is 19.1. The van der Waals surface area contributed by atoms with Gasteiger partial charge in [0.15, 0.2) is 4.34 Å². The van der Waals surface area contributed by atoms with Gasteiger partial charge < -0.3 is 10.2 Å². The third-order valence-electron chi connectivity index (χ3n) is 4.91. The fourth-order valence-electron chi connectivity index (χ4n) is 3.34. The maximum Gasteiger partial charge on any atom is 0.237 e. The molecule has 1 aromatic carbocycles. The van der Waals surface area contributed by atoms with E-state index in [0.717, 1.165) is 31.4 Å². The summed E-state index contributed by atoms with van der Waals surface area (Å²) in [6.07, 6.45) is 3.92. The van der Waals surface area contributed by atoms with Crippen LogP contribution in [-0.4, -0.2) is 33.8 Å². The second-order valence-electron chi connectivity index (χ2n) is 6.72. The van der Waals surface area contributed by atoms with Crippen molar-refractivity contribution in [1.29, 1.82) is 0 Å². The molecule has 8 heteroatoms. The number of nitrogens with one attached hydrogen (secondary N) is 1. The Morgan fingerprint density at radius 1 is 1.31 bits per heavy atom. The summed E-state index contributed by atoms with van der Waals surface area (Å²) in [5, 5.41) is 11.4. The highest BCUT2D eigenvalue weighted by molar-refractivity contribution is 8.01. The van der Waals surface area contributed by atoms with Gasteiger partial charge >= 0.3 is 0 Å². The van der Waals surface area contributed by atoms with Crippen molar-refractivity contribution in [2.45, 2.75) is 43.0 Å². The molecule has 4 rings (SSSR count). The van der Waals surface area contributed by atoms with Crippen molar-refractivity contribution in [2.75, 3.05) is 16.0 Å². The van der Waals surface area contributed by atoms with Crippen LogP contribution in [0.2, 0.25) is 0 Å². The van der Waals surface area contributed by atoms with E-state index in [4.69, 9.17) is 0 Å². The molecule has 26 heavy (non-hydrogen) atoms. The van der Waals surface area contributed by atoms with Crippen LogP contribution in [0.1, 0.15) is 31.7 Å². The molecular formula is C18H20N4O2S2. The van der Waals surface area contributed by atoms with Crippen molar-refractivity contribution < 1.29 is 9.59 Å². The molecule has 1 unspecified atom stereocenters. The summed E-state index contributed by atoms with van der Waals surface area (Å²) in [6, 6.07) is 8.22. The highest BCUT2D eigenvalue weighted by Crippen LogP contribution is 2.34. The first-order valence-corrected chi connectivity index (χ1v) is 10.6. The van der Waals surface area contributed by atoms with Crippen LogP contribution in [0.25, 0.3) is 0 Å². The number of aromatic nitrogens is 2. The number of amides is 2. The summed E-state index contributed by atoms with van der Waals surface area (Å²) in [5.41, 5.74) is 2.23. The Balaban J connectivity index is 1.34. The molecular weight excluding hydrogens is 368 g/mol. The number of para-hydroxylation sites is 1. The number of fused-ring (bicyclic) bond motifs is 1. The minimum atomic E-state index is 0.0301. The first-order chi connectivity index (χ1) is 12.6. The van der Waals surface area contributed by atoms with Crippen LogP contribution in [-0.2, 0) is 16.0 Å². The summed E-state index contributed by atoms with van der Waals surface area (Å²) in [7, 11) is 0. The zero-order chi connectivity index (χ0) is 18.1. The van der Waals surface area contributed by atoms with Crippen LogP contribution in [0.4, 0.5) is 10.8 Å². The van der Waals surface area contributed by atoms with E-state index < -0.39 is 0 Å². The highest BCUT2D eigenvalue weighted by Gasteiger charge is 2.30. The third kappa shape index (κ3) is 3.48. The van der Waals surface area contributed by atoms with E-state index in [1.807, 2.05) is 23.1 Å². The summed E-state index contributed by atoms with van der Waals surface area (Å²) >= 11 is 2.69. The monoisotopic (exact) mass is 388 g/mol. The first kappa shape index (κ1) is 17.5. The van der Waals surface area contributed by atoms with Crippen molar-refractivity contribution >= 4 is 45.7 Å². The van der Waals surface area contributed by atoms with Gasteiger partial charge in [0.05, 0.1) is 5.75 Å². The largest absolute Gasteiger partial charge is 0.308 e. The van der Waals surface area contributed by atoms with E-state index in [1.165, 1.54) is 28.7 Å². The highest BCUT2D eigenvalue weighted by atomic mass is 32.2. The SMILES string of the molecule is CC1Cc2ccccc2N1C(=O)CSc1nnc(NC(=O)C2CCC2)s1. The molecule has 2 amide bonds. The molecule has 1 aliphatic carbocycles. The first-order valence-electron chi connectivity index (χ1n) is 8.79. The van der Waals surface area contributed by atoms with Crippen LogP contribution in [0.3, 0.4) is 0 Å². The molecule has 1 aromatic heterocycles. The maximum absolute atomic E-state index is 12.7. The molecule has 0 bridgehead atoms. The molecule has 1 atom stereocenters. The fraction of sp³-hybridized carbons (Fsp3) is 0.444. The molecule has 136 valence electrons. The molecule has 1 saturated carbocycles. The predicted molar refractivity (Wildman–Crippen MR) is 104 cm³/mol.